The Morgan fingerprint density at radius 3 is 2.88 bits per heavy atom. The van der Waals surface area contributed by atoms with Crippen LogP contribution in [0.25, 0.3) is 0 Å². The highest BCUT2D eigenvalue weighted by molar-refractivity contribution is 7.98. The Morgan fingerprint density at radius 1 is 1.50 bits per heavy atom. The number of hydrogen-bond donors (Lipinski definition) is 2. The molecule has 1 aromatic rings. The predicted molar refractivity (Wildman–Crippen MR) is 70.0 cm³/mol. The van der Waals surface area contributed by atoms with Gasteiger partial charge in [-0.3, -0.25) is 5.32 Å². The van der Waals surface area contributed by atoms with Crippen LogP contribution in [0.2, 0.25) is 0 Å². The number of thioether (sulfide) groups is 1. The summed E-state index contributed by atoms with van der Waals surface area (Å²) in [6.45, 7) is 0. The van der Waals surface area contributed by atoms with Gasteiger partial charge in [0.15, 0.2) is 5.11 Å². The highest BCUT2D eigenvalue weighted by Crippen LogP contribution is 2.18. The van der Waals surface area contributed by atoms with Gasteiger partial charge in [-0.05, 0) is 36.7 Å². The average molecular weight is 256 g/mol. The second kappa shape index (κ2) is 6.34. The molecule has 1 amide bonds. The van der Waals surface area contributed by atoms with Gasteiger partial charge < -0.3 is 10.1 Å². The van der Waals surface area contributed by atoms with Crippen LogP contribution < -0.4 is 10.6 Å². The number of methoxy groups -OCH3 is 1. The molecule has 16 heavy (non-hydrogen) atoms. The van der Waals surface area contributed by atoms with Gasteiger partial charge in [0.25, 0.3) is 0 Å². The molecule has 0 aliphatic heterocycles. The molecule has 0 saturated heterocycles. The summed E-state index contributed by atoms with van der Waals surface area (Å²) in [5.41, 5.74) is 0.827. The largest absolute Gasteiger partial charge is 0.453 e. The molecule has 0 aromatic heterocycles. The van der Waals surface area contributed by atoms with Crippen molar-refractivity contribution in [2.75, 3.05) is 18.7 Å². The summed E-state index contributed by atoms with van der Waals surface area (Å²) in [5, 5.41) is 5.47. The molecule has 0 saturated carbocycles. The number of thiocarbonyl (C=S) groups is 1. The Kier molecular flexibility index (Phi) is 5.07. The lowest BCUT2D eigenvalue weighted by Gasteiger charge is -2.09. The standard InChI is InChI=1S/C10H12N2O2S2/c1-14-10(13)12-9(15)11-7-4-3-5-8(6-7)16-2/h3-6H,1-2H3,(H2,11,12,13,15). The van der Waals surface area contributed by atoms with Crippen LogP contribution in [0.4, 0.5) is 10.5 Å². The van der Waals surface area contributed by atoms with E-state index in [-0.39, 0.29) is 5.11 Å². The smallest absolute Gasteiger partial charge is 0.413 e. The number of ether oxygens (including phenoxy) is 1. The zero-order chi connectivity index (χ0) is 12.0. The molecule has 0 bridgehead atoms. The van der Waals surface area contributed by atoms with Gasteiger partial charge in [0.05, 0.1) is 7.11 Å². The highest BCUT2D eigenvalue weighted by Gasteiger charge is 2.03. The van der Waals surface area contributed by atoms with Gasteiger partial charge in [0.1, 0.15) is 0 Å². The average Bonchev–Trinajstić information content (AvgIpc) is 2.28. The van der Waals surface area contributed by atoms with Crippen molar-refractivity contribution in [2.24, 2.45) is 0 Å². The zero-order valence-electron chi connectivity index (χ0n) is 8.94. The van der Waals surface area contributed by atoms with Crippen LogP contribution in [0.1, 0.15) is 0 Å². The first kappa shape index (κ1) is 12.8. The number of hydrogen-bond acceptors (Lipinski definition) is 4. The number of nitrogens with one attached hydrogen (secondary N) is 2. The fraction of sp³-hybridized carbons (Fsp3) is 0.200. The Bertz CT molecular complexity index is 396. The number of benzene rings is 1. The van der Waals surface area contributed by atoms with E-state index < -0.39 is 6.09 Å². The molecule has 0 fully saturated rings. The van der Waals surface area contributed by atoms with E-state index in [0.29, 0.717) is 0 Å². The Hall–Kier alpha value is -1.27. The van der Waals surface area contributed by atoms with Crippen LogP contribution in [-0.4, -0.2) is 24.6 Å². The second-order valence-corrected chi connectivity index (χ2v) is 4.09. The molecule has 0 unspecified atom stereocenters. The number of carbonyl (C=O) groups is 1. The van der Waals surface area contributed by atoms with Gasteiger partial charge in [0, 0.05) is 10.6 Å². The second-order valence-electron chi connectivity index (χ2n) is 2.80. The third-order valence-corrected chi connectivity index (χ3v) is 2.66. The quantitative estimate of drug-likeness (QED) is 0.629. The molecular weight excluding hydrogens is 244 g/mol. The third-order valence-electron chi connectivity index (χ3n) is 1.73. The summed E-state index contributed by atoms with van der Waals surface area (Å²) in [4.78, 5) is 12.0. The number of carbonyl (C=O) groups excluding carboxylic acids is 1. The lowest BCUT2D eigenvalue weighted by atomic mass is 10.3. The molecule has 2 N–H and O–H groups in total. The maximum Gasteiger partial charge on any atom is 0.413 e. The van der Waals surface area contributed by atoms with E-state index in [2.05, 4.69) is 15.4 Å². The minimum atomic E-state index is -0.585. The van der Waals surface area contributed by atoms with Crippen molar-refractivity contribution in [3.8, 4) is 0 Å². The molecule has 0 heterocycles. The van der Waals surface area contributed by atoms with Crippen LogP contribution in [0, 0.1) is 0 Å². The van der Waals surface area contributed by atoms with Gasteiger partial charge in [-0.15, -0.1) is 11.8 Å². The Balaban J connectivity index is 2.59. The summed E-state index contributed by atoms with van der Waals surface area (Å²) < 4.78 is 4.42. The fourth-order valence-corrected chi connectivity index (χ4v) is 1.67. The van der Waals surface area contributed by atoms with Crippen LogP contribution in [0.15, 0.2) is 29.2 Å². The van der Waals surface area contributed by atoms with Gasteiger partial charge in [-0.1, -0.05) is 6.07 Å². The number of anilines is 1. The van der Waals surface area contributed by atoms with Crippen molar-refractivity contribution in [1.29, 1.82) is 0 Å². The van der Waals surface area contributed by atoms with Crippen molar-refractivity contribution in [3.05, 3.63) is 24.3 Å². The topological polar surface area (TPSA) is 50.4 Å². The maximum absolute atomic E-state index is 10.9. The number of rotatable bonds is 2. The van der Waals surface area contributed by atoms with Gasteiger partial charge in [0.2, 0.25) is 0 Å². The maximum atomic E-state index is 10.9. The summed E-state index contributed by atoms with van der Waals surface area (Å²) in [6, 6.07) is 7.71. The molecule has 1 aromatic carbocycles. The molecular formula is C10H12N2O2S2. The summed E-state index contributed by atoms with van der Waals surface area (Å²) in [6.07, 6.45) is 1.41. The first-order valence-electron chi connectivity index (χ1n) is 4.45. The lowest BCUT2D eigenvalue weighted by Crippen LogP contribution is -2.33. The first-order chi connectivity index (χ1) is 7.65. The lowest BCUT2D eigenvalue weighted by molar-refractivity contribution is 0.177. The van der Waals surface area contributed by atoms with E-state index in [1.807, 2.05) is 30.5 Å². The van der Waals surface area contributed by atoms with E-state index in [0.717, 1.165) is 10.6 Å². The van der Waals surface area contributed by atoms with Crippen LogP contribution in [-0.2, 0) is 4.74 Å². The van der Waals surface area contributed by atoms with Crippen molar-refractivity contribution in [3.63, 3.8) is 0 Å². The van der Waals surface area contributed by atoms with Gasteiger partial charge >= 0.3 is 6.09 Å². The minimum Gasteiger partial charge on any atom is -0.453 e. The van der Waals surface area contributed by atoms with Crippen LogP contribution in [0.5, 0.6) is 0 Å². The molecule has 0 aliphatic rings. The number of alkyl carbamates (subject to hydrolysis) is 1. The normalized spacial score (nSPS) is 9.38. The van der Waals surface area contributed by atoms with Crippen molar-refractivity contribution >= 4 is 40.9 Å². The van der Waals surface area contributed by atoms with E-state index in [1.165, 1.54) is 7.11 Å². The van der Waals surface area contributed by atoms with Crippen molar-refractivity contribution in [1.82, 2.24) is 5.32 Å². The minimum absolute atomic E-state index is 0.213. The SMILES string of the molecule is COC(=O)NC(=S)Nc1cccc(SC)c1. The predicted octanol–water partition coefficient (Wildman–Crippen LogP) is 2.46. The molecule has 4 nitrogen and oxygen atoms in total. The third kappa shape index (κ3) is 4.08. The monoisotopic (exact) mass is 256 g/mol. The fourth-order valence-electron chi connectivity index (χ4n) is 1.01. The van der Waals surface area contributed by atoms with Crippen LogP contribution >= 0.6 is 24.0 Å². The molecule has 0 atom stereocenters. The van der Waals surface area contributed by atoms with Crippen molar-refractivity contribution < 1.29 is 9.53 Å². The molecule has 0 radical (unpaired) electrons. The van der Waals surface area contributed by atoms with Gasteiger partial charge in [-0.25, -0.2) is 4.79 Å². The van der Waals surface area contributed by atoms with Crippen LogP contribution in [0.3, 0.4) is 0 Å². The van der Waals surface area contributed by atoms with E-state index >= 15 is 0 Å². The zero-order valence-corrected chi connectivity index (χ0v) is 10.6. The number of amides is 1. The Morgan fingerprint density at radius 2 is 2.25 bits per heavy atom. The molecule has 6 heteroatoms. The molecule has 1 rings (SSSR count). The molecule has 86 valence electrons. The summed E-state index contributed by atoms with van der Waals surface area (Å²) >= 11 is 6.56. The first-order valence-corrected chi connectivity index (χ1v) is 6.09. The Labute approximate surface area is 104 Å². The summed E-state index contributed by atoms with van der Waals surface area (Å²) in [5.74, 6) is 0. The van der Waals surface area contributed by atoms with E-state index in [9.17, 15) is 4.79 Å². The van der Waals surface area contributed by atoms with E-state index in [1.54, 1.807) is 11.8 Å². The van der Waals surface area contributed by atoms with Crippen molar-refractivity contribution in [2.45, 2.75) is 4.90 Å². The highest BCUT2D eigenvalue weighted by atomic mass is 32.2. The molecule has 0 spiro atoms. The molecule has 0 aliphatic carbocycles. The summed E-state index contributed by atoms with van der Waals surface area (Å²) in [7, 11) is 1.28. The van der Waals surface area contributed by atoms with E-state index in [4.69, 9.17) is 12.2 Å². The van der Waals surface area contributed by atoms with Gasteiger partial charge in [-0.2, -0.15) is 0 Å².